The van der Waals surface area contributed by atoms with Crippen molar-refractivity contribution in [2.24, 2.45) is 11.8 Å². The number of nitrogens with zero attached hydrogens (tertiary/aromatic N) is 1. The molecule has 0 radical (unpaired) electrons. The zero-order chi connectivity index (χ0) is 20.7. The summed E-state index contributed by atoms with van der Waals surface area (Å²) < 4.78 is 0. The Bertz CT molecular complexity index is 573. The number of fused-ring (bicyclic) bond motifs is 1. The first-order chi connectivity index (χ1) is 13.3. The maximum atomic E-state index is 12.5. The van der Waals surface area contributed by atoms with Gasteiger partial charge >= 0.3 is 0 Å². The van der Waals surface area contributed by atoms with Crippen LogP contribution < -0.4 is 0 Å². The fraction of sp³-hybridized carbons (Fsp3) is 0.760. The lowest BCUT2D eigenvalue weighted by molar-refractivity contribution is -0.0800. The molecule has 28 heavy (non-hydrogen) atoms. The molecule has 160 valence electrons. The van der Waals surface area contributed by atoms with Crippen LogP contribution in [0.2, 0.25) is 0 Å². The first-order valence-corrected chi connectivity index (χ1v) is 11.4. The van der Waals surface area contributed by atoms with Gasteiger partial charge in [0.05, 0.1) is 6.10 Å². The molecule has 1 aliphatic heterocycles. The summed E-state index contributed by atoms with van der Waals surface area (Å²) in [5, 5.41) is 24.5. The molecule has 1 heterocycles. The second-order valence-electron chi connectivity index (χ2n) is 9.47. The molecular weight excluding hydrogens is 346 g/mol. The summed E-state index contributed by atoms with van der Waals surface area (Å²) in [4.78, 5) is 0. The summed E-state index contributed by atoms with van der Waals surface area (Å²) >= 11 is 0. The molecule has 2 fully saturated rings. The van der Waals surface area contributed by atoms with E-state index in [1.54, 1.807) is 0 Å². The Morgan fingerprint density at radius 2 is 1.57 bits per heavy atom. The minimum atomic E-state index is -0.502. The highest BCUT2D eigenvalue weighted by Crippen LogP contribution is 2.42. The largest absolute Gasteiger partial charge is 0.785 e. The fourth-order valence-corrected chi connectivity index (χ4v) is 5.01. The van der Waals surface area contributed by atoms with Crippen LogP contribution in [0.1, 0.15) is 92.4 Å². The number of allylic oxidation sites excluding steroid dienone is 6. The highest BCUT2D eigenvalue weighted by Gasteiger charge is 2.43. The first kappa shape index (κ1) is 23.4. The predicted octanol–water partition coefficient (Wildman–Crippen LogP) is 6.53. The number of rotatable bonds is 8. The van der Waals surface area contributed by atoms with Crippen LogP contribution in [0.5, 0.6) is 0 Å². The molecule has 5 atom stereocenters. The molecule has 3 heteroatoms. The van der Waals surface area contributed by atoms with Gasteiger partial charge in [-0.1, -0.05) is 47.8 Å². The summed E-state index contributed by atoms with van der Waals surface area (Å²) in [7, 11) is 0. The third kappa shape index (κ3) is 6.57. The van der Waals surface area contributed by atoms with Gasteiger partial charge in [-0.05, 0) is 91.4 Å². The number of aliphatic hydroxyl groups excluding tert-OH is 1. The second-order valence-corrected chi connectivity index (χ2v) is 9.47. The minimum absolute atomic E-state index is 0.122. The molecule has 1 saturated heterocycles. The molecule has 2 aliphatic rings. The van der Waals surface area contributed by atoms with Gasteiger partial charge in [-0.2, -0.15) is 0 Å². The van der Waals surface area contributed by atoms with E-state index in [9.17, 15) is 10.3 Å². The molecule has 0 aromatic carbocycles. The van der Waals surface area contributed by atoms with Crippen LogP contribution in [0.3, 0.4) is 0 Å². The number of aliphatic hydroxyl groups is 1. The predicted molar refractivity (Wildman–Crippen MR) is 120 cm³/mol. The fourth-order valence-electron chi connectivity index (χ4n) is 5.01. The van der Waals surface area contributed by atoms with Gasteiger partial charge in [0.25, 0.3) is 0 Å². The van der Waals surface area contributed by atoms with Gasteiger partial charge < -0.3 is 15.4 Å². The number of hydrogen-bond donors (Lipinski definition) is 1. The van der Waals surface area contributed by atoms with E-state index in [2.05, 4.69) is 45.9 Å². The van der Waals surface area contributed by atoms with Gasteiger partial charge in [0, 0.05) is 12.1 Å². The summed E-state index contributed by atoms with van der Waals surface area (Å²) in [5.41, 5.74) is 4.28. The highest BCUT2D eigenvalue weighted by molar-refractivity contribution is 5.08. The summed E-state index contributed by atoms with van der Waals surface area (Å²) in [6.45, 7) is 10.6. The first-order valence-electron chi connectivity index (χ1n) is 11.4. The average molecular weight is 389 g/mol. The van der Waals surface area contributed by atoms with E-state index in [-0.39, 0.29) is 18.0 Å². The average Bonchev–Trinajstić information content (AvgIpc) is 2.66. The van der Waals surface area contributed by atoms with Crippen LogP contribution >= 0.6 is 0 Å². The van der Waals surface area contributed by atoms with Crippen LogP contribution in [-0.4, -0.2) is 28.4 Å². The number of piperidine rings is 1. The third-order valence-corrected chi connectivity index (χ3v) is 6.85. The Balaban J connectivity index is 1.86. The topological polar surface area (TPSA) is 46.5 Å². The Kier molecular flexibility index (Phi) is 9.46. The van der Waals surface area contributed by atoms with Crippen molar-refractivity contribution in [2.45, 2.75) is 111 Å². The van der Waals surface area contributed by atoms with Crippen molar-refractivity contribution in [2.75, 3.05) is 0 Å². The van der Waals surface area contributed by atoms with Crippen molar-refractivity contribution in [3.8, 4) is 0 Å². The zero-order valence-corrected chi connectivity index (χ0v) is 18.8. The molecular formula is C25H42NO2-. The maximum Gasteiger partial charge on any atom is 0.0718 e. The van der Waals surface area contributed by atoms with E-state index in [4.69, 9.17) is 0 Å². The van der Waals surface area contributed by atoms with Crippen molar-refractivity contribution in [1.82, 2.24) is 5.06 Å². The SMILES string of the molecule is CC(C)=CCCC(C)=CCCC(C)=CCC1C(O)C(C)N([O-])C2CCCCC12. The molecule has 0 spiro atoms. The van der Waals surface area contributed by atoms with Gasteiger partial charge in [0.2, 0.25) is 0 Å². The van der Waals surface area contributed by atoms with E-state index >= 15 is 0 Å². The quantitative estimate of drug-likeness (QED) is 0.481. The second kappa shape index (κ2) is 11.3. The summed E-state index contributed by atoms with van der Waals surface area (Å²) in [5.74, 6) is 0.598. The van der Waals surface area contributed by atoms with E-state index in [1.807, 2.05) is 6.92 Å². The van der Waals surface area contributed by atoms with Crippen LogP contribution in [0, 0.1) is 17.0 Å². The molecule has 3 nitrogen and oxygen atoms in total. The maximum absolute atomic E-state index is 12.5. The summed E-state index contributed by atoms with van der Waals surface area (Å²) in [6.07, 6.45) is 16.3. The molecule has 0 aromatic heterocycles. The van der Waals surface area contributed by atoms with Crippen molar-refractivity contribution in [3.63, 3.8) is 0 Å². The zero-order valence-electron chi connectivity index (χ0n) is 18.8. The summed E-state index contributed by atoms with van der Waals surface area (Å²) in [6, 6.07) is -0.151. The lowest BCUT2D eigenvalue weighted by atomic mass is 9.68. The Morgan fingerprint density at radius 1 is 0.964 bits per heavy atom. The van der Waals surface area contributed by atoms with Gasteiger partial charge in [0.15, 0.2) is 0 Å². The van der Waals surface area contributed by atoms with Gasteiger partial charge in [-0.25, -0.2) is 0 Å². The van der Waals surface area contributed by atoms with Crippen LogP contribution in [-0.2, 0) is 0 Å². The lowest BCUT2D eigenvalue weighted by Gasteiger charge is -2.57. The molecule has 0 bridgehead atoms. The monoisotopic (exact) mass is 388 g/mol. The third-order valence-electron chi connectivity index (χ3n) is 6.85. The molecule has 1 aliphatic carbocycles. The molecule has 0 aromatic rings. The van der Waals surface area contributed by atoms with Crippen LogP contribution in [0.25, 0.3) is 0 Å². The van der Waals surface area contributed by atoms with Gasteiger partial charge in [-0.3, -0.25) is 0 Å². The van der Waals surface area contributed by atoms with Gasteiger partial charge in [-0.15, -0.1) is 0 Å². The molecule has 5 unspecified atom stereocenters. The normalized spacial score (nSPS) is 32.2. The Morgan fingerprint density at radius 3 is 2.25 bits per heavy atom. The van der Waals surface area contributed by atoms with Crippen molar-refractivity contribution in [3.05, 3.63) is 40.2 Å². The Labute approximate surface area is 173 Å². The standard InChI is InChI=1S/C25H42NO2/c1-18(2)10-8-11-19(3)12-9-13-20(4)16-17-23-22-14-6-7-15-24(22)26(28)21(5)25(23)27/h10,12,16,21-25,27H,6-9,11,13-15,17H2,1-5H3/q-1. The van der Waals surface area contributed by atoms with Crippen molar-refractivity contribution < 1.29 is 5.11 Å². The Hall–Kier alpha value is -0.900. The number of hydrogen-bond acceptors (Lipinski definition) is 3. The van der Waals surface area contributed by atoms with Crippen LogP contribution in [0.15, 0.2) is 34.9 Å². The van der Waals surface area contributed by atoms with Gasteiger partial charge in [0.1, 0.15) is 0 Å². The molecule has 1 N–H and O–H groups in total. The van der Waals surface area contributed by atoms with E-state index in [1.165, 1.54) is 28.2 Å². The van der Waals surface area contributed by atoms with E-state index < -0.39 is 6.10 Å². The molecule has 1 saturated carbocycles. The van der Waals surface area contributed by atoms with E-state index in [0.29, 0.717) is 5.92 Å². The van der Waals surface area contributed by atoms with E-state index in [0.717, 1.165) is 51.4 Å². The smallest absolute Gasteiger partial charge is 0.0718 e. The number of hydroxylamine groups is 2. The minimum Gasteiger partial charge on any atom is -0.785 e. The lowest BCUT2D eigenvalue weighted by Crippen LogP contribution is -2.59. The highest BCUT2D eigenvalue weighted by atomic mass is 16.5. The van der Waals surface area contributed by atoms with Crippen molar-refractivity contribution >= 4 is 0 Å². The molecule has 0 amide bonds. The molecule has 2 rings (SSSR count). The van der Waals surface area contributed by atoms with Crippen LogP contribution in [0.4, 0.5) is 0 Å². The van der Waals surface area contributed by atoms with Crippen molar-refractivity contribution in [1.29, 1.82) is 0 Å².